The quantitative estimate of drug-likeness (QED) is 0.175. The number of hydrogen-bond acceptors (Lipinski definition) is 6. The van der Waals surface area contributed by atoms with Crippen LogP contribution in [-0.2, 0) is 29.3 Å². The largest absolute Gasteiger partial charge is 0.435 e. The predicted molar refractivity (Wildman–Crippen MR) is 193 cm³/mol. The van der Waals surface area contributed by atoms with Crippen LogP contribution in [0.4, 0.5) is 27.6 Å². The molecule has 0 aliphatic carbocycles. The van der Waals surface area contributed by atoms with Gasteiger partial charge in [-0.3, -0.25) is 19.1 Å². The second-order valence-corrected chi connectivity index (χ2v) is 14.8. The molecule has 0 radical (unpaired) electrons. The number of amides is 3. The van der Waals surface area contributed by atoms with Gasteiger partial charge in [0.2, 0.25) is 5.91 Å². The molecule has 55 heavy (non-hydrogen) atoms. The van der Waals surface area contributed by atoms with E-state index in [4.69, 9.17) is 16.3 Å². The number of ether oxygens (including phenoxy) is 1. The van der Waals surface area contributed by atoms with Gasteiger partial charge in [-0.1, -0.05) is 17.7 Å². The summed E-state index contributed by atoms with van der Waals surface area (Å²) in [5.41, 5.74) is -2.59. The third kappa shape index (κ3) is 8.38. The summed E-state index contributed by atoms with van der Waals surface area (Å²) < 4.78 is 80.3. The number of benzene rings is 2. The Hall–Kier alpha value is -4.87. The van der Waals surface area contributed by atoms with Gasteiger partial charge in [0.1, 0.15) is 0 Å². The van der Waals surface area contributed by atoms with Crippen molar-refractivity contribution in [3.63, 3.8) is 0 Å². The van der Waals surface area contributed by atoms with Crippen LogP contribution < -0.4 is 5.32 Å². The van der Waals surface area contributed by atoms with E-state index in [1.54, 1.807) is 4.90 Å². The number of nitrogens with one attached hydrogen (secondary N) is 1. The number of halogens is 6. The van der Waals surface area contributed by atoms with Gasteiger partial charge in [-0.2, -0.15) is 18.3 Å². The number of likely N-dealkylation sites (tertiary alicyclic amines) is 1. The monoisotopic (exact) mass is 791 g/mol. The highest BCUT2D eigenvalue weighted by atomic mass is 35.5. The van der Waals surface area contributed by atoms with Crippen molar-refractivity contribution in [2.24, 2.45) is 13.0 Å². The lowest BCUT2D eigenvalue weighted by Crippen LogP contribution is -2.54. The highest BCUT2D eigenvalue weighted by Gasteiger charge is 2.39. The van der Waals surface area contributed by atoms with Gasteiger partial charge < -0.3 is 28.9 Å². The summed E-state index contributed by atoms with van der Waals surface area (Å²) in [6, 6.07) is 6.48. The highest BCUT2D eigenvalue weighted by Crippen LogP contribution is 2.39. The lowest BCUT2D eigenvalue weighted by molar-refractivity contribution is -0.895. The molecule has 2 aliphatic rings. The number of quaternary nitrogens is 1. The molecule has 2 aromatic heterocycles. The van der Waals surface area contributed by atoms with Crippen molar-refractivity contribution in [1.29, 1.82) is 0 Å². The van der Waals surface area contributed by atoms with Gasteiger partial charge in [-0.25, -0.2) is 13.8 Å². The Morgan fingerprint density at radius 3 is 2.24 bits per heavy atom. The van der Waals surface area contributed by atoms with Crippen LogP contribution >= 0.6 is 11.6 Å². The molecule has 12 nitrogen and oxygen atoms in total. The summed E-state index contributed by atoms with van der Waals surface area (Å²) in [6.07, 6.45) is -1.14. The number of piperidine rings is 1. The molecule has 0 spiro atoms. The molecule has 0 bridgehead atoms. The zero-order valence-electron chi connectivity index (χ0n) is 30.7. The maximum Gasteiger partial charge on any atom is 0.435 e. The fourth-order valence-electron chi connectivity index (χ4n) is 6.98. The van der Waals surface area contributed by atoms with Crippen LogP contribution in [0.15, 0.2) is 42.7 Å². The van der Waals surface area contributed by atoms with E-state index in [9.17, 15) is 27.6 Å². The van der Waals surface area contributed by atoms with Gasteiger partial charge in [-0.15, -0.1) is 0 Å². The fourth-order valence-corrected chi connectivity index (χ4v) is 7.24. The molecule has 4 heterocycles. The maximum absolute atomic E-state index is 15.5. The summed E-state index contributed by atoms with van der Waals surface area (Å²) in [7, 11) is 7.08. The number of methoxy groups -OCH3 is 1. The van der Waals surface area contributed by atoms with Crippen LogP contribution in [0.25, 0.3) is 22.4 Å². The normalized spacial score (nSPS) is 16.4. The van der Waals surface area contributed by atoms with Crippen molar-refractivity contribution in [2.45, 2.75) is 25.6 Å². The van der Waals surface area contributed by atoms with Crippen molar-refractivity contribution < 1.29 is 45.6 Å². The molecular formula is C37H41ClF5N8O4+. The summed E-state index contributed by atoms with van der Waals surface area (Å²) in [6.45, 7) is 3.48. The van der Waals surface area contributed by atoms with E-state index in [0.717, 1.165) is 59.6 Å². The predicted octanol–water partition coefficient (Wildman–Crippen LogP) is 5.57. The van der Waals surface area contributed by atoms with E-state index in [0.29, 0.717) is 26.2 Å². The molecular weight excluding hydrogens is 751 g/mol. The molecule has 3 amide bonds. The van der Waals surface area contributed by atoms with Gasteiger partial charge in [0, 0.05) is 87.7 Å². The van der Waals surface area contributed by atoms with Crippen LogP contribution in [0.5, 0.6) is 0 Å². The molecule has 0 saturated carbocycles. The van der Waals surface area contributed by atoms with Gasteiger partial charge in [0.15, 0.2) is 23.2 Å². The first kappa shape index (κ1) is 39.8. The number of carbonyl (C=O) groups is 3. The van der Waals surface area contributed by atoms with Gasteiger partial charge in [0.25, 0.3) is 11.8 Å². The Morgan fingerprint density at radius 1 is 0.964 bits per heavy atom. The summed E-state index contributed by atoms with van der Waals surface area (Å²) >= 11 is 6.50. The Labute approximate surface area is 319 Å². The van der Waals surface area contributed by atoms with E-state index in [1.807, 2.05) is 4.90 Å². The lowest BCUT2D eigenvalue weighted by Gasteiger charge is -2.40. The molecule has 0 unspecified atom stereocenters. The van der Waals surface area contributed by atoms with E-state index in [-0.39, 0.29) is 64.2 Å². The Bertz CT molecular complexity index is 2100. The van der Waals surface area contributed by atoms with Crippen LogP contribution in [0.2, 0.25) is 5.02 Å². The van der Waals surface area contributed by atoms with E-state index in [1.165, 1.54) is 36.9 Å². The first-order valence-corrected chi connectivity index (χ1v) is 18.0. The van der Waals surface area contributed by atoms with Crippen molar-refractivity contribution in [3.05, 3.63) is 76.5 Å². The van der Waals surface area contributed by atoms with Gasteiger partial charge in [0.05, 0.1) is 62.8 Å². The molecule has 0 atom stereocenters. The van der Waals surface area contributed by atoms with Crippen LogP contribution in [0, 0.1) is 17.6 Å². The number of nitrogens with zero attached hydrogens (tertiary/aromatic N) is 7. The molecule has 1 N–H and O–H groups in total. The zero-order chi connectivity index (χ0) is 39.8. The fraction of sp³-hybridized carbons (Fsp3) is 0.432. The first-order chi connectivity index (χ1) is 26.0. The molecule has 2 fully saturated rings. The molecule has 2 saturated heterocycles. The number of alkyl halides is 3. The van der Waals surface area contributed by atoms with E-state index < -0.39 is 40.5 Å². The Kier molecular flexibility index (Phi) is 11.4. The van der Waals surface area contributed by atoms with Crippen molar-refractivity contribution in [3.8, 4) is 22.4 Å². The topological polar surface area (TPSA) is 115 Å². The van der Waals surface area contributed by atoms with Crippen molar-refractivity contribution in [1.82, 2.24) is 29.1 Å². The standard InChI is InChI=1S/C37H40ClF5N8O4/c1-47-29(26-8-7-24(30(39)31(26)40)27-21-50(15-18-55-4)46-32(27)37(41,42)43)20-44-33(47)34(52)45-23-5-6-25(28(38)19-23)36(54)49-13-11-48(12-14-49)35(53)22-9-16-51(2,3)17-10-22/h5-8,19-22H,9-18H2,1-4H3/p+1. The molecule has 6 rings (SSSR count). The minimum Gasteiger partial charge on any atom is -0.383 e. The van der Waals surface area contributed by atoms with Crippen LogP contribution in [0.3, 0.4) is 0 Å². The average molecular weight is 792 g/mol. The first-order valence-electron chi connectivity index (χ1n) is 17.6. The zero-order valence-corrected chi connectivity index (χ0v) is 31.5. The Morgan fingerprint density at radius 2 is 1.60 bits per heavy atom. The molecule has 294 valence electrons. The summed E-state index contributed by atoms with van der Waals surface area (Å²) in [4.78, 5) is 47.3. The maximum atomic E-state index is 15.5. The van der Waals surface area contributed by atoms with E-state index >= 15 is 8.78 Å². The second-order valence-electron chi connectivity index (χ2n) is 14.4. The smallest absolute Gasteiger partial charge is 0.383 e. The highest BCUT2D eigenvalue weighted by molar-refractivity contribution is 6.34. The SMILES string of the molecule is COCCn1cc(-c2ccc(-c3cnc(C(=O)Nc4ccc(C(=O)N5CCN(C(=O)C6CC[N+](C)(C)CC6)CC5)c(Cl)c4)n3C)c(F)c2F)c(C(F)(F)F)n1. The van der Waals surface area contributed by atoms with Crippen molar-refractivity contribution >= 4 is 35.0 Å². The van der Waals surface area contributed by atoms with Gasteiger partial charge >= 0.3 is 6.18 Å². The second kappa shape index (κ2) is 15.7. The minimum atomic E-state index is -4.94. The summed E-state index contributed by atoms with van der Waals surface area (Å²) in [5, 5.41) is 6.22. The van der Waals surface area contributed by atoms with Gasteiger partial charge in [-0.05, 0) is 24.3 Å². The van der Waals surface area contributed by atoms with Crippen LogP contribution in [0.1, 0.15) is 39.5 Å². The number of rotatable bonds is 9. The number of imidazole rings is 1. The third-order valence-electron chi connectivity index (χ3n) is 10.2. The number of piperazine rings is 1. The van der Waals surface area contributed by atoms with Crippen LogP contribution in [-0.4, -0.2) is 118 Å². The van der Waals surface area contributed by atoms with Crippen molar-refractivity contribution in [2.75, 3.05) is 72.4 Å². The number of anilines is 1. The molecule has 4 aromatic rings. The minimum absolute atomic E-state index is 0.00571. The number of hydrogen-bond donors (Lipinski definition) is 1. The lowest BCUT2D eigenvalue weighted by atomic mass is 9.94. The van der Waals surface area contributed by atoms with E-state index in [2.05, 4.69) is 29.5 Å². The molecule has 2 aromatic carbocycles. The third-order valence-corrected chi connectivity index (χ3v) is 10.6. The molecule has 18 heteroatoms. The Balaban J connectivity index is 1.11. The number of carbonyl (C=O) groups excluding carboxylic acids is 3. The number of aromatic nitrogens is 4. The average Bonchev–Trinajstić information content (AvgIpc) is 3.75. The molecule has 2 aliphatic heterocycles. The summed E-state index contributed by atoms with van der Waals surface area (Å²) in [5.74, 6) is -4.08.